The second-order valence-corrected chi connectivity index (χ2v) is 4.29. The standard InChI is InChI=1S/C17H14FNO2/c18-15-6-1-2-7-16(15)19-17(21)14-10-8-13(9-11-14)5-3-4-12-20/h1-2,6-11,20H,4,12H2,(H,19,21). The summed E-state index contributed by atoms with van der Waals surface area (Å²) in [6.45, 7) is 0.0239. The average Bonchev–Trinajstić information content (AvgIpc) is 2.50. The van der Waals surface area contributed by atoms with Gasteiger partial charge in [0.25, 0.3) is 5.91 Å². The molecule has 0 fully saturated rings. The highest BCUT2D eigenvalue weighted by Gasteiger charge is 2.08. The molecule has 0 radical (unpaired) electrons. The molecule has 0 unspecified atom stereocenters. The Bertz CT molecular complexity index is 684. The van der Waals surface area contributed by atoms with Gasteiger partial charge in [-0.15, -0.1) is 0 Å². The number of carbonyl (C=O) groups is 1. The molecule has 0 heterocycles. The Kier molecular flexibility index (Phi) is 5.08. The molecular formula is C17H14FNO2. The van der Waals surface area contributed by atoms with Crippen molar-refractivity contribution in [3.63, 3.8) is 0 Å². The Balaban J connectivity index is 2.07. The third-order valence-electron chi connectivity index (χ3n) is 2.74. The first-order chi connectivity index (χ1) is 10.2. The second kappa shape index (κ2) is 7.22. The molecular weight excluding hydrogens is 269 g/mol. The summed E-state index contributed by atoms with van der Waals surface area (Å²) in [6, 6.07) is 12.7. The van der Waals surface area contributed by atoms with Gasteiger partial charge in [0.05, 0.1) is 12.3 Å². The Morgan fingerprint density at radius 2 is 1.86 bits per heavy atom. The summed E-state index contributed by atoms with van der Waals surface area (Å²) in [4.78, 5) is 12.0. The molecule has 4 heteroatoms. The molecule has 0 aliphatic rings. The van der Waals surface area contributed by atoms with E-state index < -0.39 is 5.82 Å². The number of halogens is 1. The molecule has 2 aromatic carbocycles. The number of nitrogens with one attached hydrogen (secondary N) is 1. The molecule has 21 heavy (non-hydrogen) atoms. The molecule has 0 spiro atoms. The highest BCUT2D eigenvalue weighted by atomic mass is 19.1. The summed E-state index contributed by atoms with van der Waals surface area (Å²) in [6.07, 6.45) is 0.412. The van der Waals surface area contributed by atoms with Gasteiger partial charge in [-0.05, 0) is 36.4 Å². The number of hydrogen-bond donors (Lipinski definition) is 2. The molecule has 0 atom stereocenters. The van der Waals surface area contributed by atoms with Crippen LogP contribution in [0.25, 0.3) is 0 Å². The number of aliphatic hydroxyl groups is 1. The first-order valence-corrected chi connectivity index (χ1v) is 6.46. The van der Waals surface area contributed by atoms with Crippen LogP contribution in [0.4, 0.5) is 10.1 Å². The van der Waals surface area contributed by atoms with Gasteiger partial charge >= 0.3 is 0 Å². The van der Waals surface area contributed by atoms with E-state index in [2.05, 4.69) is 17.2 Å². The highest BCUT2D eigenvalue weighted by molar-refractivity contribution is 6.04. The van der Waals surface area contributed by atoms with Gasteiger partial charge in [-0.1, -0.05) is 24.0 Å². The number of para-hydroxylation sites is 1. The molecule has 0 saturated carbocycles. The fourth-order valence-electron chi connectivity index (χ4n) is 1.68. The molecule has 0 aliphatic carbocycles. The summed E-state index contributed by atoms with van der Waals surface area (Å²) in [5.74, 6) is 4.81. The SMILES string of the molecule is O=C(Nc1ccccc1F)c1ccc(C#CCCO)cc1. The molecule has 3 nitrogen and oxygen atoms in total. The van der Waals surface area contributed by atoms with Gasteiger partial charge in [0.1, 0.15) is 5.82 Å². The van der Waals surface area contributed by atoms with Crippen LogP contribution in [0.2, 0.25) is 0 Å². The van der Waals surface area contributed by atoms with E-state index in [9.17, 15) is 9.18 Å². The minimum atomic E-state index is -0.475. The van der Waals surface area contributed by atoms with Crippen LogP contribution in [0.5, 0.6) is 0 Å². The summed E-state index contributed by atoms with van der Waals surface area (Å²) in [7, 11) is 0. The van der Waals surface area contributed by atoms with Crippen molar-refractivity contribution >= 4 is 11.6 Å². The summed E-state index contributed by atoms with van der Waals surface area (Å²) in [5.41, 5.74) is 1.33. The number of benzene rings is 2. The van der Waals surface area contributed by atoms with E-state index in [4.69, 9.17) is 5.11 Å². The zero-order valence-electron chi connectivity index (χ0n) is 11.3. The maximum atomic E-state index is 13.4. The normalized spacial score (nSPS) is 9.62. The molecule has 0 bridgehead atoms. The second-order valence-electron chi connectivity index (χ2n) is 4.29. The minimum Gasteiger partial charge on any atom is -0.395 e. The van der Waals surface area contributed by atoms with Gasteiger partial charge in [-0.3, -0.25) is 4.79 Å². The molecule has 0 aromatic heterocycles. The van der Waals surface area contributed by atoms with Crippen molar-refractivity contribution in [1.29, 1.82) is 0 Å². The quantitative estimate of drug-likeness (QED) is 0.851. The van der Waals surface area contributed by atoms with Gasteiger partial charge in [0, 0.05) is 17.5 Å². The van der Waals surface area contributed by atoms with Gasteiger partial charge in [-0.25, -0.2) is 4.39 Å². The van der Waals surface area contributed by atoms with Crippen molar-refractivity contribution in [1.82, 2.24) is 0 Å². The zero-order chi connectivity index (χ0) is 15.1. The van der Waals surface area contributed by atoms with Crippen LogP contribution in [0.3, 0.4) is 0 Å². The van der Waals surface area contributed by atoms with E-state index in [1.165, 1.54) is 12.1 Å². The Labute approximate surface area is 122 Å². The third-order valence-corrected chi connectivity index (χ3v) is 2.74. The monoisotopic (exact) mass is 283 g/mol. The van der Waals surface area contributed by atoms with Crippen LogP contribution in [0.1, 0.15) is 22.3 Å². The average molecular weight is 283 g/mol. The van der Waals surface area contributed by atoms with Crippen LogP contribution < -0.4 is 5.32 Å². The molecule has 0 aliphatic heterocycles. The van der Waals surface area contributed by atoms with Gasteiger partial charge in [-0.2, -0.15) is 0 Å². The number of amides is 1. The van der Waals surface area contributed by atoms with Crippen molar-refractivity contribution in [2.45, 2.75) is 6.42 Å². The number of carbonyl (C=O) groups excluding carboxylic acids is 1. The maximum Gasteiger partial charge on any atom is 0.255 e. The number of anilines is 1. The van der Waals surface area contributed by atoms with Gasteiger partial charge < -0.3 is 10.4 Å². The van der Waals surface area contributed by atoms with Crippen LogP contribution in [-0.4, -0.2) is 17.6 Å². The first-order valence-electron chi connectivity index (χ1n) is 6.46. The minimum absolute atomic E-state index is 0.0239. The van der Waals surface area contributed by atoms with E-state index in [1.54, 1.807) is 36.4 Å². The predicted molar refractivity (Wildman–Crippen MR) is 79.4 cm³/mol. The molecule has 1 amide bonds. The van der Waals surface area contributed by atoms with Crippen molar-refractivity contribution in [2.75, 3.05) is 11.9 Å². The largest absolute Gasteiger partial charge is 0.395 e. The lowest BCUT2D eigenvalue weighted by molar-refractivity contribution is 0.102. The topological polar surface area (TPSA) is 49.3 Å². The van der Waals surface area contributed by atoms with E-state index in [1.807, 2.05) is 0 Å². The Morgan fingerprint density at radius 1 is 1.14 bits per heavy atom. The van der Waals surface area contributed by atoms with E-state index >= 15 is 0 Å². The Morgan fingerprint density at radius 3 is 2.52 bits per heavy atom. The van der Waals surface area contributed by atoms with Crippen molar-refractivity contribution < 1.29 is 14.3 Å². The van der Waals surface area contributed by atoms with Gasteiger partial charge in [0.15, 0.2) is 0 Å². The van der Waals surface area contributed by atoms with E-state index in [0.29, 0.717) is 12.0 Å². The molecule has 2 N–H and O–H groups in total. The molecule has 2 aromatic rings. The summed E-state index contributed by atoms with van der Waals surface area (Å²) in [5, 5.41) is 11.2. The Hall–Kier alpha value is -2.64. The lowest BCUT2D eigenvalue weighted by Crippen LogP contribution is -2.12. The van der Waals surface area contributed by atoms with Gasteiger partial charge in [0.2, 0.25) is 0 Å². The van der Waals surface area contributed by atoms with Crippen LogP contribution in [0.15, 0.2) is 48.5 Å². The number of aliphatic hydroxyl groups excluding tert-OH is 1. The number of rotatable bonds is 3. The van der Waals surface area contributed by atoms with Crippen LogP contribution in [-0.2, 0) is 0 Å². The smallest absolute Gasteiger partial charge is 0.255 e. The van der Waals surface area contributed by atoms with E-state index in [-0.39, 0.29) is 18.2 Å². The molecule has 0 saturated heterocycles. The lowest BCUT2D eigenvalue weighted by atomic mass is 10.1. The van der Waals surface area contributed by atoms with Crippen LogP contribution >= 0.6 is 0 Å². The summed E-state index contributed by atoms with van der Waals surface area (Å²) >= 11 is 0. The van der Waals surface area contributed by atoms with Crippen LogP contribution in [0, 0.1) is 17.7 Å². The van der Waals surface area contributed by atoms with Crippen molar-refractivity contribution in [2.24, 2.45) is 0 Å². The molecule has 106 valence electrons. The van der Waals surface area contributed by atoms with E-state index in [0.717, 1.165) is 5.56 Å². The lowest BCUT2D eigenvalue weighted by Gasteiger charge is -2.06. The first kappa shape index (κ1) is 14.8. The van der Waals surface area contributed by atoms with Crippen molar-refractivity contribution in [3.05, 3.63) is 65.5 Å². The third kappa shape index (κ3) is 4.16. The summed E-state index contributed by atoms with van der Waals surface area (Å²) < 4.78 is 13.4. The fraction of sp³-hybridized carbons (Fsp3) is 0.118. The predicted octanol–water partition coefficient (Wildman–Crippen LogP) is 2.81. The maximum absolute atomic E-state index is 13.4. The highest BCUT2D eigenvalue weighted by Crippen LogP contribution is 2.14. The zero-order valence-corrected chi connectivity index (χ0v) is 11.3. The fourth-order valence-corrected chi connectivity index (χ4v) is 1.68. The number of hydrogen-bond acceptors (Lipinski definition) is 2. The van der Waals surface area contributed by atoms with Crippen molar-refractivity contribution in [3.8, 4) is 11.8 Å². The molecule has 2 rings (SSSR count).